The molecule has 1 fully saturated rings. The number of carbonyl (C=O) groups is 1. The summed E-state index contributed by atoms with van der Waals surface area (Å²) < 4.78 is 6.77. The number of nitrogens with one attached hydrogen (secondary N) is 1. The van der Waals surface area contributed by atoms with Crippen LogP contribution in [0.25, 0.3) is 0 Å². The molecule has 1 amide bonds. The predicted octanol–water partition coefficient (Wildman–Crippen LogP) is 1.66. The van der Waals surface area contributed by atoms with Crippen LogP contribution in [-0.4, -0.2) is 42.0 Å². The van der Waals surface area contributed by atoms with Crippen molar-refractivity contribution in [2.45, 2.75) is 20.4 Å². The van der Waals surface area contributed by atoms with Crippen LogP contribution in [0.15, 0.2) is 35.3 Å². The zero-order chi connectivity index (χ0) is 17.8. The minimum atomic E-state index is -0.247. The van der Waals surface area contributed by atoms with Crippen molar-refractivity contribution in [3.8, 4) is 0 Å². The van der Waals surface area contributed by atoms with Crippen LogP contribution in [0.4, 0.5) is 11.4 Å². The lowest BCUT2D eigenvalue weighted by molar-refractivity contribution is 0.102. The Labute approximate surface area is 146 Å². The van der Waals surface area contributed by atoms with Crippen LogP contribution in [0.3, 0.4) is 0 Å². The average molecular weight is 342 g/mol. The summed E-state index contributed by atoms with van der Waals surface area (Å²) in [5, 5.41) is 7.01. The van der Waals surface area contributed by atoms with E-state index in [1.165, 1.54) is 4.68 Å². The molecule has 1 aromatic carbocycles. The first-order valence-corrected chi connectivity index (χ1v) is 8.41. The Kier molecular flexibility index (Phi) is 5.14. The van der Waals surface area contributed by atoms with E-state index in [2.05, 4.69) is 10.4 Å². The SMILES string of the molecule is CCn1ncc(NC(=O)c2ccccc2C)c(N2CCOCC2)c1=O. The molecule has 7 nitrogen and oxygen atoms in total. The lowest BCUT2D eigenvalue weighted by atomic mass is 10.1. The molecule has 2 heterocycles. The van der Waals surface area contributed by atoms with Gasteiger partial charge in [0, 0.05) is 25.2 Å². The molecule has 0 bridgehead atoms. The maximum absolute atomic E-state index is 12.8. The van der Waals surface area contributed by atoms with Crippen molar-refractivity contribution in [1.82, 2.24) is 9.78 Å². The van der Waals surface area contributed by atoms with Gasteiger partial charge in [0.15, 0.2) is 0 Å². The van der Waals surface area contributed by atoms with Crippen molar-refractivity contribution in [2.24, 2.45) is 0 Å². The smallest absolute Gasteiger partial charge is 0.292 e. The van der Waals surface area contributed by atoms with Crippen LogP contribution in [-0.2, 0) is 11.3 Å². The zero-order valence-electron chi connectivity index (χ0n) is 14.5. The van der Waals surface area contributed by atoms with Crippen LogP contribution >= 0.6 is 0 Å². The second-order valence-corrected chi connectivity index (χ2v) is 5.90. The summed E-state index contributed by atoms with van der Waals surface area (Å²) in [6.07, 6.45) is 1.55. The molecule has 1 saturated heterocycles. The number of carbonyl (C=O) groups excluding carboxylic acids is 1. The Morgan fingerprint density at radius 2 is 2.00 bits per heavy atom. The first kappa shape index (κ1) is 17.2. The van der Waals surface area contributed by atoms with E-state index in [1.54, 1.807) is 12.3 Å². The standard InChI is InChI=1S/C18H22N4O3/c1-3-22-18(24)16(21-8-10-25-11-9-21)15(12-19-22)20-17(23)14-7-5-4-6-13(14)2/h4-7,12H,3,8-11H2,1-2H3,(H,20,23). The first-order chi connectivity index (χ1) is 12.1. The highest BCUT2D eigenvalue weighted by atomic mass is 16.5. The molecule has 1 aliphatic heterocycles. The number of anilines is 2. The van der Waals surface area contributed by atoms with Gasteiger partial charge in [-0.15, -0.1) is 0 Å². The number of benzene rings is 1. The topological polar surface area (TPSA) is 76.5 Å². The highest BCUT2D eigenvalue weighted by Crippen LogP contribution is 2.22. The normalized spacial score (nSPS) is 14.4. The van der Waals surface area contributed by atoms with Gasteiger partial charge in [0.1, 0.15) is 5.69 Å². The van der Waals surface area contributed by atoms with Crippen molar-refractivity contribution in [1.29, 1.82) is 0 Å². The van der Waals surface area contributed by atoms with Crippen molar-refractivity contribution in [3.63, 3.8) is 0 Å². The van der Waals surface area contributed by atoms with E-state index in [1.807, 2.05) is 36.9 Å². The van der Waals surface area contributed by atoms with Gasteiger partial charge in [-0.3, -0.25) is 9.59 Å². The van der Waals surface area contributed by atoms with Gasteiger partial charge in [-0.2, -0.15) is 5.10 Å². The number of ether oxygens (including phenoxy) is 1. The summed E-state index contributed by atoms with van der Waals surface area (Å²) in [5.74, 6) is -0.247. The van der Waals surface area contributed by atoms with Crippen LogP contribution in [0, 0.1) is 6.92 Å². The molecule has 2 aromatic rings. The Hall–Kier alpha value is -2.67. The van der Waals surface area contributed by atoms with E-state index in [0.29, 0.717) is 49.8 Å². The summed E-state index contributed by atoms with van der Waals surface area (Å²) in [4.78, 5) is 27.4. The number of morpholine rings is 1. The lowest BCUT2D eigenvalue weighted by Gasteiger charge is -2.30. The third-order valence-corrected chi connectivity index (χ3v) is 4.28. The van der Waals surface area contributed by atoms with E-state index in [0.717, 1.165) is 5.56 Å². The number of aryl methyl sites for hydroxylation is 2. The molecular weight excluding hydrogens is 320 g/mol. The fourth-order valence-electron chi connectivity index (χ4n) is 2.91. The Balaban J connectivity index is 1.98. The molecule has 3 rings (SSSR count). The predicted molar refractivity (Wildman–Crippen MR) is 96.3 cm³/mol. The number of aromatic nitrogens is 2. The average Bonchev–Trinajstić information content (AvgIpc) is 2.63. The number of hydrogen-bond acceptors (Lipinski definition) is 5. The molecule has 7 heteroatoms. The van der Waals surface area contributed by atoms with Crippen molar-refractivity contribution >= 4 is 17.3 Å². The van der Waals surface area contributed by atoms with Gasteiger partial charge in [0.2, 0.25) is 0 Å². The van der Waals surface area contributed by atoms with E-state index in [4.69, 9.17) is 4.74 Å². The largest absolute Gasteiger partial charge is 0.378 e. The van der Waals surface area contributed by atoms with Gasteiger partial charge in [0.25, 0.3) is 11.5 Å². The third-order valence-electron chi connectivity index (χ3n) is 4.28. The number of nitrogens with zero attached hydrogens (tertiary/aromatic N) is 3. The summed E-state index contributed by atoms with van der Waals surface area (Å²) in [5.41, 5.74) is 2.16. The van der Waals surface area contributed by atoms with Crippen LogP contribution in [0.1, 0.15) is 22.8 Å². The maximum atomic E-state index is 12.8. The van der Waals surface area contributed by atoms with Gasteiger partial charge in [-0.05, 0) is 25.5 Å². The minimum absolute atomic E-state index is 0.202. The zero-order valence-corrected chi connectivity index (χ0v) is 14.5. The fraction of sp³-hybridized carbons (Fsp3) is 0.389. The maximum Gasteiger partial charge on any atom is 0.292 e. The van der Waals surface area contributed by atoms with Crippen molar-refractivity contribution in [3.05, 3.63) is 51.9 Å². The fourth-order valence-corrected chi connectivity index (χ4v) is 2.91. The molecule has 1 N–H and O–H groups in total. The second kappa shape index (κ2) is 7.48. The van der Waals surface area contributed by atoms with E-state index in [9.17, 15) is 9.59 Å². The van der Waals surface area contributed by atoms with Gasteiger partial charge in [0.05, 0.1) is 25.1 Å². The van der Waals surface area contributed by atoms with Gasteiger partial charge < -0.3 is 15.0 Å². The second-order valence-electron chi connectivity index (χ2n) is 5.90. The Morgan fingerprint density at radius 1 is 1.28 bits per heavy atom. The molecule has 132 valence electrons. The molecule has 0 atom stereocenters. The molecule has 25 heavy (non-hydrogen) atoms. The molecule has 1 aliphatic rings. The molecule has 0 unspecified atom stereocenters. The first-order valence-electron chi connectivity index (χ1n) is 8.41. The Bertz CT molecular complexity index is 825. The van der Waals surface area contributed by atoms with Crippen LogP contribution in [0.2, 0.25) is 0 Å². The van der Waals surface area contributed by atoms with Gasteiger partial charge in [-0.25, -0.2) is 4.68 Å². The molecule has 0 aliphatic carbocycles. The highest BCUT2D eigenvalue weighted by Gasteiger charge is 2.22. The molecule has 0 radical (unpaired) electrons. The number of rotatable bonds is 4. The summed E-state index contributed by atoms with van der Waals surface area (Å²) in [7, 11) is 0. The third kappa shape index (κ3) is 3.56. The number of hydrogen-bond donors (Lipinski definition) is 1. The van der Waals surface area contributed by atoms with E-state index in [-0.39, 0.29) is 11.5 Å². The van der Waals surface area contributed by atoms with Crippen molar-refractivity contribution in [2.75, 3.05) is 36.5 Å². The summed E-state index contributed by atoms with van der Waals surface area (Å²) in [6, 6.07) is 7.35. The molecule has 1 aromatic heterocycles. The summed E-state index contributed by atoms with van der Waals surface area (Å²) >= 11 is 0. The Morgan fingerprint density at radius 3 is 2.68 bits per heavy atom. The minimum Gasteiger partial charge on any atom is -0.378 e. The van der Waals surface area contributed by atoms with E-state index >= 15 is 0 Å². The molecule has 0 saturated carbocycles. The highest BCUT2D eigenvalue weighted by molar-refractivity contribution is 6.06. The van der Waals surface area contributed by atoms with Gasteiger partial charge in [-0.1, -0.05) is 18.2 Å². The molecular formula is C18H22N4O3. The molecule has 0 spiro atoms. The lowest BCUT2D eigenvalue weighted by Crippen LogP contribution is -2.41. The van der Waals surface area contributed by atoms with Crippen LogP contribution in [0.5, 0.6) is 0 Å². The number of amides is 1. The van der Waals surface area contributed by atoms with Crippen molar-refractivity contribution < 1.29 is 9.53 Å². The summed E-state index contributed by atoms with van der Waals surface area (Å²) in [6.45, 7) is 6.54. The van der Waals surface area contributed by atoms with E-state index < -0.39 is 0 Å². The van der Waals surface area contributed by atoms with Gasteiger partial charge >= 0.3 is 0 Å². The van der Waals surface area contributed by atoms with Crippen LogP contribution < -0.4 is 15.8 Å². The monoisotopic (exact) mass is 342 g/mol. The quantitative estimate of drug-likeness (QED) is 0.914.